The van der Waals surface area contributed by atoms with Crippen LogP contribution in [0.15, 0.2) is 164 Å². The summed E-state index contributed by atoms with van der Waals surface area (Å²) >= 11 is 0. The normalized spacial score (nSPS) is 13.6. The first-order valence-electron chi connectivity index (χ1n) is 15.6. The van der Waals surface area contributed by atoms with Crippen molar-refractivity contribution < 1.29 is 0 Å². The van der Waals surface area contributed by atoms with Crippen molar-refractivity contribution in [2.24, 2.45) is 0 Å². The number of para-hydroxylation sites is 2. The number of hydrogen-bond acceptors (Lipinski definition) is 2. The van der Waals surface area contributed by atoms with E-state index in [9.17, 15) is 0 Å². The summed E-state index contributed by atoms with van der Waals surface area (Å²) in [5, 5.41) is 4.96. The Morgan fingerprint density at radius 3 is 2.02 bits per heavy atom. The van der Waals surface area contributed by atoms with Crippen molar-refractivity contribution in [2.45, 2.75) is 19.3 Å². The topological polar surface area (TPSA) is 6.48 Å². The summed E-state index contributed by atoms with van der Waals surface area (Å²) in [5.74, 6) is 0. The van der Waals surface area contributed by atoms with Gasteiger partial charge in [0.05, 0.1) is 17.1 Å². The molecule has 2 nitrogen and oxygen atoms in total. The van der Waals surface area contributed by atoms with Crippen LogP contribution in [-0.4, -0.2) is 0 Å². The molecule has 0 saturated carbocycles. The van der Waals surface area contributed by atoms with Crippen molar-refractivity contribution in [3.63, 3.8) is 0 Å². The van der Waals surface area contributed by atoms with Gasteiger partial charge in [-0.3, -0.25) is 0 Å². The lowest BCUT2D eigenvalue weighted by molar-refractivity contribution is 0.632. The molecule has 0 saturated heterocycles. The van der Waals surface area contributed by atoms with Gasteiger partial charge in [0.15, 0.2) is 0 Å². The van der Waals surface area contributed by atoms with Gasteiger partial charge in [0, 0.05) is 28.4 Å². The van der Waals surface area contributed by atoms with E-state index in [0.717, 1.165) is 11.4 Å². The Kier molecular flexibility index (Phi) is 6.50. The Hall–Kier alpha value is -5.60. The van der Waals surface area contributed by atoms with Crippen LogP contribution in [-0.2, 0) is 5.41 Å². The molecular formula is C43H34N2. The van der Waals surface area contributed by atoms with E-state index in [1.807, 2.05) is 0 Å². The molecular weight excluding hydrogens is 544 g/mol. The van der Waals surface area contributed by atoms with Gasteiger partial charge in [-0.2, -0.15) is 0 Å². The highest BCUT2D eigenvalue weighted by Gasteiger charge is 2.37. The number of fused-ring (bicyclic) bond motifs is 4. The van der Waals surface area contributed by atoms with E-state index in [-0.39, 0.29) is 5.41 Å². The Bertz CT molecular complexity index is 2200. The molecule has 0 unspecified atom stereocenters. The fourth-order valence-electron chi connectivity index (χ4n) is 6.88. The number of rotatable bonds is 5. The Balaban J connectivity index is 1.25. The maximum Gasteiger partial charge on any atom is 0.0540 e. The lowest BCUT2D eigenvalue weighted by Crippen LogP contribution is -2.30. The largest absolute Gasteiger partial charge is 0.317 e. The van der Waals surface area contributed by atoms with Gasteiger partial charge >= 0.3 is 0 Å². The van der Waals surface area contributed by atoms with Crippen LogP contribution < -0.4 is 9.80 Å². The first-order chi connectivity index (χ1) is 22.1. The minimum atomic E-state index is -0.172. The molecule has 216 valence electrons. The zero-order valence-corrected chi connectivity index (χ0v) is 25.6. The van der Waals surface area contributed by atoms with Gasteiger partial charge in [-0.25, -0.2) is 0 Å². The maximum atomic E-state index is 2.46. The predicted octanol–water partition coefficient (Wildman–Crippen LogP) is 11.9. The molecule has 0 aromatic heterocycles. The molecule has 0 spiro atoms. The lowest BCUT2D eigenvalue weighted by Gasteiger charge is -2.42. The van der Waals surface area contributed by atoms with Crippen molar-refractivity contribution in [3.8, 4) is 0 Å². The molecule has 0 amide bonds. The Morgan fingerprint density at radius 1 is 0.489 bits per heavy atom. The number of nitrogens with zero attached hydrogens (tertiary/aromatic N) is 2. The molecule has 0 atom stereocenters. The third kappa shape index (κ3) is 4.67. The van der Waals surface area contributed by atoms with Crippen molar-refractivity contribution >= 4 is 56.1 Å². The van der Waals surface area contributed by atoms with Gasteiger partial charge in [-0.15, -0.1) is 0 Å². The smallest absolute Gasteiger partial charge is 0.0540 e. The quantitative estimate of drug-likeness (QED) is 0.200. The van der Waals surface area contributed by atoms with E-state index >= 15 is 0 Å². The summed E-state index contributed by atoms with van der Waals surface area (Å²) < 4.78 is 0. The molecule has 1 aliphatic heterocycles. The van der Waals surface area contributed by atoms with Gasteiger partial charge in [0.2, 0.25) is 0 Å². The summed E-state index contributed by atoms with van der Waals surface area (Å²) in [6.07, 6.45) is 4.44. The van der Waals surface area contributed by atoms with Gasteiger partial charge in [0.1, 0.15) is 0 Å². The molecule has 8 rings (SSSR count). The van der Waals surface area contributed by atoms with Crippen LogP contribution in [0.4, 0.5) is 28.4 Å². The summed E-state index contributed by atoms with van der Waals surface area (Å²) in [5.41, 5.74) is 9.55. The summed E-state index contributed by atoms with van der Waals surface area (Å²) in [6.45, 7) is 4.70. The standard InChI is InChI=1S/C43H34N2/c1-43(2)38-20-10-11-21-41(38)45(40-22-12-16-33-14-8-9-19-37(33)40)42-26-23-31(29-39(42)43)27-28-44(35-17-4-3-5-18-35)36-25-24-32-13-6-7-15-34(32)30-36/h3-30H,1-2H3/b28-27+. The number of hydrogen-bond donors (Lipinski definition) is 0. The van der Waals surface area contributed by atoms with E-state index in [2.05, 4.69) is 194 Å². The van der Waals surface area contributed by atoms with E-state index < -0.39 is 0 Å². The minimum absolute atomic E-state index is 0.172. The second-order valence-corrected chi connectivity index (χ2v) is 12.3. The van der Waals surface area contributed by atoms with Crippen molar-refractivity contribution in [1.29, 1.82) is 0 Å². The Labute approximate surface area is 265 Å². The van der Waals surface area contributed by atoms with Gasteiger partial charge in [0.25, 0.3) is 0 Å². The highest BCUT2D eigenvalue weighted by atomic mass is 15.2. The van der Waals surface area contributed by atoms with Crippen molar-refractivity contribution in [2.75, 3.05) is 9.80 Å². The van der Waals surface area contributed by atoms with Gasteiger partial charge in [-0.05, 0) is 87.5 Å². The van der Waals surface area contributed by atoms with Crippen LogP contribution in [0.25, 0.3) is 27.6 Å². The fourth-order valence-corrected chi connectivity index (χ4v) is 6.88. The molecule has 0 fully saturated rings. The molecule has 0 radical (unpaired) electrons. The van der Waals surface area contributed by atoms with E-state index in [1.54, 1.807) is 0 Å². The zero-order chi connectivity index (χ0) is 30.4. The molecule has 2 heteroatoms. The zero-order valence-electron chi connectivity index (χ0n) is 25.6. The van der Waals surface area contributed by atoms with Crippen LogP contribution >= 0.6 is 0 Å². The van der Waals surface area contributed by atoms with Crippen LogP contribution in [0, 0.1) is 0 Å². The van der Waals surface area contributed by atoms with Gasteiger partial charge < -0.3 is 9.80 Å². The molecule has 1 aliphatic rings. The summed E-state index contributed by atoms with van der Waals surface area (Å²) in [7, 11) is 0. The maximum absolute atomic E-state index is 2.46. The predicted molar refractivity (Wildman–Crippen MR) is 192 cm³/mol. The van der Waals surface area contributed by atoms with Crippen LogP contribution in [0.2, 0.25) is 0 Å². The van der Waals surface area contributed by atoms with E-state index in [4.69, 9.17) is 0 Å². The second-order valence-electron chi connectivity index (χ2n) is 12.3. The fraction of sp³-hybridized carbons (Fsp3) is 0.0698. The molecule has 0 bridgehead atoms. The van der Waals surface area contributed by atoms with Crippen LogP contribution in [0.3, 0.4) is 0 Å². The van der Waals surface area contributed by atoms with Crippen LogP contribution in [0.5, 0.6) is 0 Å². The van der Waals surface area contributed by atoms with Gasteiger partial charge in [-0.1, -0.05) is 123 Å². The first-order valence-corrected chi connectivity index (χ1v) is 15.6. The minimum Gasteiger partial charge on any atom is -0.317 e. The third-order valence-corrected chi connectivity index (χ3v) is 9.22. The SMILES string of the molecule is CC1(C)c2ccccc2N(c2cccc3ccccc23)c2ccc(/C=C/N(c3ccccc3)c3ccc4ccccc4c3)cc21. The highest BCUT2D eigenvalue weighted by Crippen LogP contribution is 2.53. The molecule has 7 aromatic rings. The average Bonchev–Trinajstić information content (AvgIpc) is 3.09. The van der Waals surface area contributed by atoms with Crippen LogP contribution in [0.1, 0.15) is 30.5 Å². The highest BCUT2D eigenvalue weighted by molar-refractivity contribution is 6.01. The monoisotopic (exact) mass is 578 g/mol. The molecule has 0 N–H and O–H groups in total. The third-order valence-electron chi connectivity index (χ3n) is 9.22. The average molecular weight is 579 g/mol. The first kappa shape index (κ1) is 27.0. The Morgan fingerprint density at radius 2 is 1.16 bits per heavy atom. The van der Waals surface area contributed by atoms with E-state index in [0.29, 0.717) is 0 Å². The summed E-state index contributed by atoms with van der Waals surface area (Å²) in [6, 6.07) is 56.9. The molecule has 7 aromatic carbocycles. The summed E-state index contributed by atoms with van der Waals surface area (Å²) in [4.78, 5) is 4.73. The number of benzene rings is 7. The molecule has 1 heterocycles. The number of anilines is 5. The second kappa shape index (κ2) is 10.8. The van der Waals surface area contributed by atoms with Crippen molar-refractivity contribution in [1.82, 2.24) is 0 Å². The van der Waals surface area contributed by atoms with Crippen molar-refractivity contribution in [3.05, 3.63) is 181 Å². The van der Waals surface area contributed by atoms with E-state index in [1.165, 1.54) is 55.3 Å². The molecule has 45 heavy (non-hydrogen) atoms. The molecule has 0 aliphatic carbocycles. The lowest BCUT2D eigenvalue weighted by atomic mass is 9.73.